The van der Waals surface area contributed by atoms with Crippen molar-refractivity contribution in [3.8, 4) is 11.3 Å². The van der Waals surface area contributed by atoms with Gasteiger partial charge in [-0.1, -0.05) is 16.8 Å². The third-order valence-electron chi connectivity index (χ3n) is 5.71. The van der Waals surface area contributed by atoms with Crippen molar-refractivity contribution in [3.05, 3.63) is 28.5 Å². The van der Waals surface area contributed by atoms with Gasteiger partial charge in [0, 0.05) is 22.7 Å². The smallest absolute Gasteiger partial charge is 0.165 e. The molecule has 0 amide bonds. The van der Waals surface area contributed by atoms with E-state index in [1.807, 2.05) is 6.92 Å². The van der Waals surface area contributed by atoms with Gasteiger partial charge in [0.2, 0.25) is 0 Å². The molecule has 2 aliphatic rings. The van der Waals surface area contributed by atoms with E-state index in [1.165, 1.54) is 6.33 Å². The number of rotatable bonds is 4. The van der Waals surface area contributed by atoms with E-state index in [1.54, 1.807) is 6.92 Å². The number of halogens is 1. The second kappa shape index (κ2) is 5.16. The van der Waals surface area contributed by atoms with Crippen LogP contribution in [0.1, 0.15) is 67.3 Å². The Morgan fingerprint density at radius 2 is 2.08 bits per heavy atom. The highest BCUT2D eigenvalue weighted by Gasteiger charge is 2.43. The van der Waals surface area contributed by atoms with Gasteiger partial charge in [-0.05, 0) is 46.5 Å². The zero-order valence-electron chi connectivity index (χ0n) is 15.0. The van der Waals surface area contributed by atoms with Crippen molar-refractivity contribution < 1.29 is 9.32 Å². The van der Waals surface area contributed by atoms with E-state index < -0.39 is 0 Å². The fraction of sp³-hybridized carbons (Fsp3) is 0.474. The Balaban J connectivity index is 1.86. The highest BCUT2D eigenvalue weighted by Crippen LogP contribution is 2.50. The summed E-state index contributed by atoms with van der Waals surface area (Å²) in [6, 6.07) is 0. The van der Waals surface area contributed by atoms with Crippen LogP contribution in [-0.4, -0.2) is 25.5 Å². The van der Waals surface area contributed by atoms with Crippen LogP contribution in [0, 0.1) is 6.92 Å². The molecule has 0 aliphatic heterocycles. The SMILES string of the molecule is CC(=O)c1c(-c2c(C)n(C3(C)CC3)c3ncnc(Cl)c23)noc1C1CC1. The predicted octanol–water partition coefficient (Wildman–Crippen LogP) is 4.64. The zero-order valence-corrected chi connectivity index (χ0v) is 15.7. The molecule has 2 saturated carbocycles. The van der Waals surface area contributed by atoms with Crippen LogP contribution in [-0.2, 0) is 5.54 Å². The van der Waals surface area contributed by atoms with Crippen molar-refractivity contribution in [2.75, 3.05) is 0 Å². The van der Waals surface area contributed by atoms with Gasteiger partial charge in [-0.2, -0.15) is 0 Å². The fourth-order valence-electron chi connectivity index (χ4n) is 3.98. The first-order valence-electron chi connectivity index (χ1n) is 8.95. The van der Waals surface area contributed by atoms with Crippen LogP contribution in [0.3, 0.4) is 0 Å². The van der Waals surface area contributed by atoms with E-state index >= 15 is 0 Å². The number of Topliss-reactive ketones (excluding diaryl/α,β-unsaturated/α-hetero) is 1. The minimum atomic E-state index is -0.0333. The zero-order chi connectivity index (χ0) is 18.2. The number of hydrogen-bond donors (Lipinski definition) is 0. The van der Waals surface area contributed by atoms with Crippen molar-refractivity contribution >= 4 is 28.4 Å². The maximum Gasteiger partial charge on any atom is 0.165 e. The Morgan fingerprint density at radius 1 is 1.35 bits per heavy atom. The number of fused-ring (bicyclic) bond motifs is 1. The van der Waals surface area contributed by atoms with Crippen molar-refractivity contribution in [2.45, 2.75) is 57.9 Å². The van der Waals surface area contributed by atoms with Gasteiger partial charge in [0.15, 0.2) is 11.5 Å². The van der Waals surface area contributed by atoms with E-state index in [2.05, 4.69) is 26.6 Å². The Bertz CT molecular complexity index is 1070. The van der Waals surface area contributed by atoms with E-state index in [-0.39, 0.29) is 11.3 Å². The van der Waals surface area contributed by atoms with Crippen molar-refractivity contribution in [1.82, 2.24) is 19.7 Å². The minimum Gasteiger partial charge on any atom is -0.360 e. The summed E-state index contributed by atoms with van der Waals surface area (Å²) in [5.74, 6) is 0.976. The van der Waals surface area contributed by atoms with Crippen molar-refractivity contribution in [3.63, 3.8) is 0 Å². The summed E-state index contributed by atoms with van der Waals surface area (Å²) in [5, 5.41) is 5.44. The highest BCUT2D eigenvalue weighted by atomic mass is 35.5. The maximum atomic E-state index is 12.4. The molecule has 2 aliphatic carbocycles. The molecule has 6 nitrogen and oxygen atoms in total. The van der Waals surface area contributed by atoms with E-state index in [9.17, 15) is 4.79 Å². The summed E-state index contributed by atoms with van der Waals surface area (Å²) in [5.41, 5.74) is 3.79. The number of ketones is 1. The van der Waals surface area contributed by atoms with Gasteiger partial charge in [-0.25, -0.2) is 9.97 Å². The van der Waals surface area contributed by atoms with Gasteiger partial charge in [-0.15, -0.1) is 0 Å². The molecular weight excluding hydrogens is 352 g/mol. The number of carbonyl (C=O) groups is 1. The van der Waals surface area contributed by atoms with Crippen LogP contribution in [0.4, 0.5) is 0 Å². The fourth-order valence-corrected chi connectivity index (χ4v) is 4.21. The van der Waals surface area contributed by atoms with E-state index in [0.29, 0.717) is 28.1 Å². The summed E-state index contributed by atoms with van der Waals surface area (Å²) in [6.07, 6.45) is 5.74. The third-order valence-corrected chi connectivity index (χ3v) is 6.00. The molecule has 0 bridgehead atoms. The van der Waals surface area contributed by atoms with Gasteiger partial charge >= 0.3 is 0 Å². The molecule has 0 atom stereocenters. The average Bonchev–Trinajstić information content (AvgIpc) is 3.49. The Morgan fingerprint density at radius 3 is 2.69 bits per heavy atom. The molecule has 134 valence electrons. The molecule has 0 N–H and O–H groups in total. The Labute approximate surface area is 155 Å². The first-order chi connectivity index (χ1) is 12.4. The summed E-state index contributed by atoms with van der Waals surface area (Å²) < 4.78 is 7.85. The molecule has 3 heterocycles. The monoisotopic (exact) mass is 370 g/mol. The first kappa shape index (κ1) is 16.0. The average molecular weight is 371 g/mol. The highest BCUT2D eigenvalue weighted by molar-refractivity contribution is 6.35. The molecule has 2 fully saturated rings. The number of aromatic nitrogens is 4. The number of hydrogen-bond acceptors (Lipinski definition) is 5. The molecule has 0 aromatic carbocycles. The molecule has 3 aromatic heterocycles. The van der Waals surface area contributed by atoms with Crippen LogP contribution in [0.2, 0.25) is 5.15 Å². The van der Waals surface area contributed by atoms with Gasteiger partial charge in [0.1, 0.15) is 22.8 Å². The van der Waals surface area contributed by atoms with Gasteiger partial charge in [-0.3, -0.25) is 4.79 Å². The molecule has 0 unspecified atom stereocenters. The molecule has 0 spiro atoms. The topological polar surface area (TPSA) is 73.8 Å². The maximum absolute atomic E-state index is 12.4. The number of carbonyl (C=O) groups excluding carboxylic acids is 1. The van der Waals surface area contributed by atoms with Crippen LogP contribution < -0.4 is 0 Å². The quantitative estimate of drug-likeness (QED) is 0.494. The largest absolute Gasteiger partial charge is 0.360 e. The second-order valence-corrected chi connectivity index (χ2v) is 8.11. The van der Waals surface area contributed by atoms with Gasteiger partial charge in [0.05, 0.1) is 10.9 Å². The van der Waals surface area contributed by atoms with Crippen LogP contribution >= 0.6 is 11.6 Å². The third kappa shape index (κ3) is 2.11. The second-order valence-electron chi connectivity index (χ2n) is 7.76. The van der Waals surface area contributed by atoms with Crippen LogP contribution in [0.25, 0.3) is 22.3 Å². The summed E-state index contributed by atoms with van der Waals surface area (Å²) >= 11 is 6.47. The molecule has 0 saturated heterocycles. The van der Waals surface area contributed by atoms with Crippen LogP contribution in [0.15, 0.2) is 10.9 Å². The lowest BCUT2D eigenvalue weighted by Crippen LogP contribution is -2.14. The van der Waals surface area contributed by atoms with Gasteiger partial charge in [0.25, 0.3) is 0 Å². The van der Waals surface area contributed by atoms with Gasteiger partial charge < -0.3 is 9.09 Å². The van der Waals surface area contributed by atoms with Crippen molar-refractivity contribution in [1.29, 1.82) is 0 Å². The van der Waals surface area contributed by atoms with E-state index in [0.717, 1.165) is 48.0 Å². The normalized spacial score (nSPS) is 18.5. The summed E-state index contributed by atoms with van der Waals surface area (Å²) in [6.45, 7) is 5.81. The van der Waals surface area contributed by atoms with E-state index in [4.69, 9.17) is 16.1 Å². The lowest BCUT2D eigenvalue weighted by Gasteiger charge is -2.15. The molecule has 7 heteroatoms. The lowest BCUT2D eigenvalue weighted by molar-refractivity contribution is 0.101. The molecule has 5 rings (SSSR count). The van der Waals surface area contributed by atoms with Crippen LogP contribution in [0.5, 0.6) is 0 Å². The Hall–Kier alpha value is -2.21. The standard InChI is InChI=1S/C19H19ClN4O2/c1-9-12(15-13(10(2)25)16(26-23-15)11-4-5-11)14-17(20)21-8-22-18(14)24(9)19(3)6-7-19/h8,11H,4-7H2,1-3H3. The summed E-state index contributed by atoms with van der Waals surface area (Å²) in [4.78, 5) is 21.1. The van der Waals surface area contributed by atoms with Crippen molar-refractivity contribution in [2.24, 2.45) is 0 Å². The molecule has 0 radical (unpaired) electrons. The molecule has 26 heavy (non-hydrogen) atoms. The first-order valence-corrected chi connectivity index (χ1v) is 9.33. The lowest BCUT2D eigenvalue weighted by atomic mass is 10.00. The minimum absolute atomic E-state index is 0.0255. The summed E-state index contributed by atoms with van der Waals surface area (Å²) in [7, 11) is 0. The molecule has 3 aromatic rings. The molecular formula is C19H19ClN4O2. The predicted molar refractivity (Wildman–Crippen MR) is 97.6 cm³/mol. The number of nitrogens with zero attached hydrogens (tertiary/aromatic N) is 4. The Kier molecular flexibility index (Phi) is 3.18.